The number of alkyl halides is 5. The van der Waals surface area contributed by atoms with Gasteiger partial charge in [-0.05, 0) is 12.8 Å². The van der Waals surface area contributed by atoms with Gasteiger partial charge < -0.3 is 4.90 Å². The lowest BCUT2D eigenvalue weighted by Crippen LogP contribution is -2.39. The third kappa shape index (κ3) is 3.28. The summed E-state index contributed by atoms with van der Waals surface area (Å²) in [6.45, 7) is 0.284. The van der Waals surface area contributed by atoms with Crippen molar-refractivity contribution in [2.24, 2.45) is 5.92 Å². The molecule has 1 aliphatic heterocycles. The minimum absolute atomic E-state index is 0.0562. The molecule has 2 rings (SSSR count). The average molecular weight is 316 g/mol. The topological polar surface area (TPSA) is 29.0 Å². The first-order chi connectivity index (χ1) is 9.29. The monoisotopic (exact) mass is 315 g/mol. The fourth-order valence-electron chi connectivity index (χ4n) is 2.10. The predicted molar refractivity (Wildman–Crippen MR) is 63.0 cm³/mol. The van der Waals surface area contributed by atoms with Crippen molar-refractivity contribution in [2.45, 2.75) is 25.4 Å². The highest BCUT2D eigenvalue weighted by atomic mass is 35.5. The minimum atomic E-state index is -4.20. The van der Waals surface area contributed by atoms with Gasteiger partial charge in [0.2, 0.25) is 0 Å². The highest BCUT2D eigenvalue weighted by molar-refractivity contribution is 6.30. The maximum absolute atomic E-state index is 12.5. The van der Waals surface area contributed by atoms with Crippen molar-refractivity contribution >= 4 is 17.4 Å². The summed E-state index contributed by atoms with van der Waals surface area (Å²) in [7, 11) is 0. The Morgan fingerprint density at radius 1 is 1.25 bits per heavy atom. The molecule has 1 aromatic heterocycles. The molecule has 20 heavy (non-hydrogen) atoms. The zero-order chi connectivity index (χ0) is 14.9. The molecule has 0 amide bonds. The van der Waals surface area contributed by atoms with E-state index < -0.39 is 29.4 Å². The summed E-state index contributed by atoms with van der Waals surface area (Å²) in [4.78, 5) is 8.85. The highest BCUT2D eigenvalue weighted by Crippen LogP contribution is 2.35. The molecule has 1 aliphatic rings. The Balaban J connectivity index is 2.06. The zero-order valence-electron chi connectivity index (χ0n) is 10.2. The maximum atomic E-state index is 12.5. The number of halogens is 6. The van der Waals surface area contributed by atoms with Crippen molar-refractivity contribution < 1.29 is 22.0 Å². The van der Waals surface area contributed by atoms with Gasteiger partial charge >= 0.3 is 6.18 Å². The van der Waals surface area contributed by atoms with Crippen molar-refractivity contribution in [2.75, 3.05) is 18.0 Å². The van der Waals surface area contributed by atoms with Gasteiger partial charge in [0.05, 0.1) is 12.1 Å². The summed E-state index contributed by atoms with van der Waals surface area (Å²) in [6.07, 6.45) is -6.03. The second kappa shape index (κ2) is 5.67. The molecule has 0 unspecified atom stereocenters. The Morgan fingerprint density at radius 2 is 1.85 bits per heavy atom. The molecule has 0 aromatic carbocycles. The van der Waals surface area contributed by atoms with Gasteiger partial charge in [-0.25, -0.2) is 18.7 Å². The Bertz CT molecular complexity index is 472. The second-order valence-corrected chi connectivity index (χ2v) is 4.87. The number of nitrogens with zero attached hydrogens (tertiary/aromatic N) is 3. The third-order valence-electron chi connectivity index (χ3n) is 3.23. The molecule has 2 heterocycles. The lowest BCUT2D eigenvalue weighted by atomic mass is 9.96. The molecule has 9 heteroatoms. The number of hydrogen-bond donors (Lipinski definition) is 0. The Labute approximate surface area is 116 Å². The first-order valence-corrected chi connectivity index (χ1v) is 6.29. The standard InChI is InChI=1S/C11H11ClF5N3/c12-9-8(10(13)14)18-5-7(19-9)20-3-1-6(2-4-20)11(15,16)17/h5-6,10H,1-4H2. The van der Waals surface area contributed by atoms with Crippen LogP contribution in [-0.4, -0.2) is 29.2 Å². The van der Waals surface area contributed by atoms with Crippen molar-refractivity contribution in [3.8, 4) is 0 Å². The summed E-state index contributed by atoms with van der Waals surface area (Å²) < 4.78 is 62.5. The van der Waals surface area contributed by atoms with Crippen LogP contribution in [0.25, 0.3) is 0 Å². The molecule has 0 spiro atoms. The Hall–Kier alpha value is -1.18. The number of piperidine rings is 1. The van der Waals surface area contributed by atoms with Crippen LogP contribution in [0.2, 0.25) is 5.15 Å². The van der Waals surface area contributed by atoms with Crippen molar-refractivity contribution in [3.63, 3.8) is 0 Å². The fourth-order valence-corrected chi connectivity index (χ4v) is 2.32. The molecule has 1 saturated heterocycles. The van der Waals surface area contributed by atoms with Gasteiger partial charge in [-0.15, -0.1) is 0 Å². The molecule has 112 valence electrons. The van der Waals surface area contributed by atoms with Gasteiger partial charge in [0.1, 0.15) is 11.5 Å². The SMILES string of the molecule is FC(F)c1ncc(N2CCC(C(F)(F)F)CC2)nc1Cl. The molecular weight excluding hydrogens is 305 g/mol. The summed E-state index contributed by atoms with van der Waals surface area (Å²) in [5.41, 5.74) is -0.624. The van der Waals surface area contributed by atoms with E-state index in [1.54, 1.807) is 4.90 Å². The molecule has 0 bridgehead atoms. The van der Waals surface area contributed by atoms with E-state index in [-0.39, 0.29) is 31.7 Å². The van der Waals surface area contributed by atoms with Crippen molar-refractivity contribution in [1.29, 1.82) is 0 Å². The average Bonchev–Trinajstić information content (AvgIpc) is 2.37. The van der Waals surface area contributed by atoms with Crippen molar-refractivity contribution in [1.82, 2.24) is 9.97 Å². The molecule has 1 fully saturated rings. The number of aromatic nitrogens is 2. The maximum Gasteiger partial charge on any atom is 0.391 e. The van der Waals surface area contributed by atoms with Crippen LogP contribution in [0.5, 0.6) is 0 Å². The summed E-state index contributed by atoms with van der Waals surface area (Å²) in [6, 6.07) is 0. The van der Waals surface area contributed by atoms with E-state index in [9.17, 15) is 22.0 Å². The lowest BCUT2D eigenvalue weighted by Gasteiger charge is -2.33. The normalized spacial score (nSPS) is 17.9. The van der Waals surface area contributed by atoms with Crippen LogP contribution in [0, 0.1) is 5.92 Å². The van der Waals surface area contributed by atoms with E-state index in [0.29, 0.717) is 0 Å². The van der Waals surface area contributed by atoms with Gasteiger partial charge in [0.25, 0.3) is 6.43 Å². The smallest absolute Gasteiger partial charge is 0.355 e. The summed E-state index contributed by atoms with van der Waals surface area (Å²) in [5, 5.41) is -0.421. The molecule has 0 saturated carbocycles. The largest absolute Gasteiger partial charge is 0.391 e. The van der Waals surface area contributed by atoms with Crippen LogP contribution in [0.4, 0.5) is 27.8 Å². The van der Waals surface area contributed by atoms with Gasteiger partial charge in [-0.1, -0.05) is 11.6 Å². The summed E-state index contributed by atoms with van der Waals surface area (Å²) >= 11 is 5.58. The van der Waals surface area contributed by atoms with Crippen molar-refractivity contribution in [3.05, 3.63) is 17.0 Å². The predicted octanol–water partition coefficient (Wildman–Crippen LogP) is 3.85. The molecule has 1 aromatic rings. The van der Waals surface area contributed by atoms with E-state index in [0.717, 1.165) is 6.20 Å². The van der Waals surface area contributed by atoms with E-state index in [1.165, 1.54) is 0 Å². The second-order valence-electron chi connectivity index (χ2n) is 4.51. The van der Waals surface area contributed by atoms with Crippen LogP contribution < -0.4 is 4.90 Å². The first-order valence-electron chi connectivity index (χ1n) is 5.91. The van der Waals surface area contributed by atoms with Gasteiger partial charge in [-0.2, -0.15) is 13.2 Å². The lowest BCUT2D eigenvalue weighted by molar-refractivity contribution is -0.179. The van der Waals surface area contributed by atoms with Gasteiger partial charge in [0.15, 0.2) is 5.15 Å². The summed E-state index contributed by atoms with van der Waals surface area (Å²) in [5.74, 6) is -1.11. The zero-order valence-corrected chi connectivity index (χ0v) is 10.9. The number of rotatable bonds is 2. The molecule has 0 N–H and O–H groups in total. The van der Waals surface area contributed by atoms with Gasteiger partial charge in [-0.3, -0.25) is 0 Å². The third-order valence-corrected chi connectivity index (χ3v) is 3.51. The molecule has 3 nitrogen and oxygen atoms in total. The van der Waals surface area contributed by atoms with E-state index >= 15 is 0 Å². The van der Waals surface area contributed by atoms with Crippen LogP contribution in [0.1, 0.15) is 25.0 Å². The van der Waals surface area contributed by atoms with Gasteiger partial charge in [0, 0.05) is 13.1 Å². The Morgan fingerprint density at radius 3 is 2.30 bits per heavy atom. The van der Waals surface area contributed by atoms with E-state index in [2.05, 4.69) is 9.97 Å². The Kier molecular flexibility index (Phi) is 4.31. The van der Waals surface area contributed by atoms with Crippen LogP contribution >= 0.6 is 11.6 Å². The number of hydrogen-bond acceptors (Lipinski definition) is 3. The quantitative estimate of drug-likeness (QED) is 0.776. The van der Waals surface area contributed by atoms with Crippen LogP contribution in [0.3, 0.4) is 0 Å². The van der Waals surface area contributed by atoms with Crippen LogP contribution in [-0.2, 0) is 0 Å². The molecule has 0 aliphatic carbocycles. The van der Waals surface area contributed by atoms with E-state index in [1.807, 2.05) is 0 Å². The molecule has 0 atom stereocenters. The van der Waals surface area contributed by atoms with E-state index in [4.69, 9.17) is 11.6 Å². The molecular formula is C11H11ClF5N3. The first kappa shape index (κ1) is 15.2. The number of anilines is 1. The molecule has 0 radical (unpaired) electrons. The fraction of sp³-hybridized carbons (Fsp3) is 0.636. The highest BCUT2D eigenvalue weighted by Gasteiger charge is 2.41. The minimum Gasteiger partial charge on any atom is -0.355 e. The van der Waals surface area contributed by atoms with Crippen LogP contribution in [0.15, 0.2) is 6.20 Å².